The van der Waals surface area contributed by atoms with Crippen molar-refractivity contribution in [1.82, 2.24) is 0 Å². The van der Waals surface area contributed by atoms with Gasteiger partial charge in [-0.3, -0.25) is 4.79 Å². The molecule has 2 atom stereocenters. The van der Waals surface area contributed by atoms with Gasteiger partial charge in [0.1, 0.15) is 5.71 Å². The quantitative estimate of drug-likeness (QED) is 0.507. The summed E-state index contributed by atoms with van der Waals surface area (Å²) in [6.07, 6.45) is -0.900. The summed E-state index contributed by atoms with van der Waals surface area (Å²) in [6.45, 7) is 0. The second-order valence-corrected chi connectivity index (χ2v) is 3.59. The first-order valence-electron chi connectivity index (χ1n) is 4.82. The highest BCUT2D eigenvalue weighted by molar-refractivity contribution is 6.19. The SMILES string of the molecule is O=C1OC(=O)C2C(c3ccccc3)=NOC12. The van der Waals surface area contributed by atoms with E-state index in [1.54, 1.807) is 12.1 Å². The van der Waals surface area contributed by atoms with Crippen LogP contribution in [0.5, 0.6) is 0 Å². The number of rotatable bonds is 1. The van der Waals surface area contributed by atoms with E-state index in [1.807, 2.05) is 18.2 Å². The van der Waals surface area contributed by atoms with Crippen LogP contribution in [0, 0.1) is 5.92 Å². The molecule has 0 aromatic heterocycles. The maximum atomic E-state index is 11.4. The Morgan fingerprint density at radius 1 is 1.06 bits per heavy atom. The van der Waals surface area contributed by atoms with Crippen LogP contribution in [0.3, 0.4) is 0 Å². The minimum absolute atomic E-state index is 0.460. The van der Waals surface area contributed by atoms with Gasteiger partial charge in [-0.25, -0.2) is 4.79 Å². The van der Waals surface area contributed by atoms with Gasteiger partial charge < -0.3 is 9.57 Å². The molecule has 1 aromatic rings. The maximum absolute atomic E-state index is 11.4. The molecule has 0 amide bonds. The smallest absolute Gasteiger partial charge is 0.359 e. The lowest BCUT2D eigenvalue weighted by molar-refractivity contribution is -0.155. The van der Waals surface area contributed by atoms with Crippen molar-refractivity contribution in [2.45, 2.75) is 6.10 Å². The topological polar surface area (TPSA) is 65.0 Å². The average Bonchev–Trinajstić information content (AvgIpc) is 2.84. The van der Waals surface area contributed by atoms with Gasteiger partial charge in [0.15, 0.2) is 5.92 Å². The zero-order valence-corrected chi connectivity index (χ0v) is 8.12. The van der Waals surface area contributed by atoms with Crippen LogP contribution in [-0.4, -0.2) is 23.8 Å². The highest BCUT2D eigenvalue weighted by Gasteiger charge is 2.53. The second kappa shape index (κ2) is 3.16. The van der Waals surface area contributed by atoms with Gasteiger partial charge in [0.2, 0.25) is 6.10 Å². The number of carbonyl (C=O) groups excluding carboxylic acids is 2. The Labute approximate surface area is 90.6 Å². The summed E-state index contributed by atoms with van der Waals surface area (Å²) >= 11 is 0. The van der Waals surface area contributed by atoms with Gasteiger partial charge >= 0.3 is 11.9 Å². The Hall–Kier alpha value is -2.17. The Morgan fingerprint density at radius 2 is 1.81 bits per heavy atom. The number of hydrogen-bond donors (Lipinski definition) is 0. The third-order valence-corrected chi connectivity index (χ3v) is 2.62. The fourth-order valence-corrected chi connectivity index (χ4v) is 1.85. The van der Waals surface area contributed by atoms with Crippen molar-refractivity contribution in [2.75, 3.05) is 0 Å². The predicted octanol–water partition coefficient (Wildman–Crippen LogP) is 0.489. The predicted molar refractivity (Wildman–Crippen MR) is 52.4 cm³/mol. The fourth-order valence-electron chi connectivity index (χ4n) is 1.85. The Balaban J connectivity index is 2.00. The number of benzene rings is 1. The van der Waals surface area contributed by atoms with E-state index in [1.165, 1.54) is 0 Å². The molecule has 0 radical (unpaired) electrons. The summed E-state index contributed by atoms with van der Waals surface area (Å²) in [6, 6.07) is 9.12. The molecule has 0 aliphatic carbocycles. The molecule has 0 saturated carbocycles. The molecule has 5 nitrogen and oxygen atoms in total. The van der Waals surface area contributed by atoms with Crippen LogP contribution in [-0.2, 0) is 19.2 Å². The van der Waals surface area contributed by atoms with Crippen LogP contribution in [0.4, 0.5) is 0 Å². The van der Waals surface area contributed by atoms with Crippen molar-refractivity contribution in [2.24, 2.45) is 11.1 Å². The summed E-state index contributed by atoms with van der Waals surface area (Å²) in [4.78, 5) is 27.6. The van der Waals surface area contributed by atoms with Crippen molar-refractivity contribution in [3.63, 3.8) is 0 Å². The Bertz CT molecular complexity index is 494. The first-order chi connectivity index (χ1) is 7.77. The summed E-state index contributed by atoms with van der Waals surface area (Å²) < 4.78 is 4.50. The number of cyclic esters (lactones) is 2. The van der Waals surface area contributed by atoms with Crippen molar-refractivity contribution < 1.29 is 19.2 Å². The monoisotopic (exact) mass is 217 g/mol. The molecule has 3 rings (SSSR count). The minimum atomic E-state index is -0.900. The number of esters is 2. The third-order valence-electron chi connectivity index (χ3n) is 2.62. The summed E-state index contributed by atoms with van der Waals surface area (Å²) in [5, 5.41) is 3.79. The number of oxime groups is 1. The van der Waals surface area contributed by atoms with Gasteiger partial charge in [0, 0.05) is 5.56 Å². The molecule has 2 heterocycles. The number of ether oxygens (including phenoxy) is 1. The molecule has 0 bridgehead atoms. The lowest BCUT2D eigenvalue weighted by atomic mass is 9.94. The van der Waals surface area contributed by atoms with E-state index in [0.29, 0.717) is 5.71 Å². The van der Waals surface area contributed by atoms with Gasteiger partial charge in [-0.2, -0.15) is 0 Å². The van der Waals surface area contributed by atoms with Crippen LogP contribution >= 0.6 is 0 Å². The molecule has 80 valence electrons. The Kier molecular flexibility index (Phi) is 1.80. The molecule has 2 aliphatic rings. The summed E-state index contributed by atoms with van der Waals surface area (Å²) in [5.74, 6) is -1.96. The molecule has 2 unspecified atom stereocenters. The van der Waals surface area contributed by atoms with Crippen LogP contribution in [0.15, 0.2) is 35.5 Å². The van der Waals surface area contributed by atoms with Gasteiger partial charge in [-0.05, 0) is 0 Å². The molecule has 5 heteroatoms. The van der Waals surface area contributed by atoms with Gasteiger partial charge in [-0.1, -0.05) is 35.5 Å². The lowest BCUT2D eigenvalue weighted by Crippen LogP contribution is -2.26. The van der Waals surface area contributed by atoms with E-state index < -0.39 is 24.0 Å². The fraction of sp³-hybridized carbons (Fsp3) is 0.182. The van der Waals surface area contributed by atoms with Crippen LogP contribution in [0.2, 0.25) is 0 Å². The van der Waals surface area contributed by atoms with Crippen LogP contribution < -0.4 is 0 Å². The standard InChI is InChI=1S/C11H7NO4/c13-10-7-8(6-4-2-1-3-5-6)12-16-9(7)11(14)15-10/h1-5,7,9H. The van der Waals surface area contributed by atoms with E-state index in [0.717, 1.165) is 5.56 Å². The van der Waals surface area contributed by atoms with Gasteiger partial charge in [-0.15, -0.1) is 0 Å². The number of hydrogen-bond acceptors (Lipinski definition) is 5. The van der Waals surface area contributed by atoms with Crippen LogP contribution in [0.1, 0.15) is 5.56 Å². The van der Waals surface area contributed by atoms with E-state index >= 15 is 0 Å². The van der Waals surface area contributed by atoms with Gasteiger partial charge in [0.05, 0.1) is 0 Å². The molecule has 2 aliphatic heterocycles. The molecule has 1 saturated heterocycles. The molecule has 1 fully saturated rings. The third kappa shape index (κ3) is 1.14. The highest BCUT2D eigenvalue weighted by Crippen LogP contribution is 2.30. The molecular weight excluding hydrogens is 210 g/mol. The van der Waals surface area contributed by atoms with E-state index in [-0.39, 0.29) is 0 Å². The number of fused-ring (bicyclic) bond motifs is 1. The summed E-state index contributed by atoms with van der Waals surface area (Å²) in [5.41, 5.74) is 1.23. The van der Waals surface area contributed by atoms with Crippen molar-refractivity contribution in [1.29, 1.82) is 0 Å². The molecule has 0 spiro atoms. The number of carbonyl (C=O) groups is 2. The molecule has 1 aromatic carbocycles. The van der Waals surface area contributed by atoms with Gasteiger partial charge in [0.25, 0.3) is 0 Å². The molecule has 16 heavy (non-hydrogen) atoms. The lowest BCUT2D eigenvalue weighted by Gasteiger charge is -2.02. The van der Waals surface area contributed by atoms with Crippen LogP contribution in [0.25, 0.3) is 0 Å². The molecule has 0 N–H and O–H groups in total. The average molecular weight is 217 g/mol. The first kappa shape index (κ1) is 9.08. The number of nitrogens with zero attached hydrogens (tertiary/aromatic N) is 1. The zero-order chi connectivity index (χ0) is 11.1. The molecular formula is C11H7NO4. The normalized spacial score (nSPS) is 27.1. The van der Waals surface area contributed by atoms with E-state index in [9.17, 15) is 9.59 Å². The second-order valence-electron chi connectivity index (χ2n) is 3.59. The first-order valence-corrected chi connectivity index (χ1v) is 4.82. The highest BCUT2D eigenvalue weighted by atomic mass is 16.7. The maximum Gasteiger partial charge on any atom is 0.359 e. The zero-order valence-electron chi connectivity index (χ0n) is 8.12. The Morgan fingerprint density at radius 3 is 2.56 bits per heavy atom. The van der Waals surface area contributed by atoms with E-state index in [2.05, 4.69) is 9.89 Å². The minimum Gasteiger partial charge on any atom is -0.390 e. The summed E-state index contributed by atoms with van der Waals surface area (Å²) in [7, 11) is 0. The van der Waals surface area contributed by atoms with E-state index in [4.69, 9.17) is 4.84 Å². The van der Waals surface area contributed by atoms with Crippen molar-refractivity contribution >= 4 is 17.7 Å². The van der Waals surface area contributed by atoms with Crippen molar-refractivity contribution in [3.8, 4) is 0 Å². The largest absolute Gasteiger partial charge is 0.390 e. The van der Waals surface area contributed by atoms with Crippen molar-refractivity contribution in [3.05, 3.63) is 35.9 Å².